The minimum atomic E-state index is -0.501. The quantitative estimate of drug-likeness (QED) is 0.576. The van der Waals surface area contributed by atoms with E-state index < -0.39 is 6.04 Å². The van der Waals surface area contributed by atoms with Crippen molar-refractivity contribution in [1.82, 2.24) is 10.2 Å². The summed E-state index contributed by atoms with van der Waals surface area (Å²) in [5, 5.41) is 3.69. The van der Waals surface area contributed by atoms with Crippen LogP contribution in [0.25, 0.3) is 0 Å². The number of halogens is 2. The number of carbonyl (C=O) groups excluding carboxylic acids is 2. The van der Waals surface area contributed by atoms with Gasteiger partial charge in [0.2, 0.25) is 11.8 Å². The van der Waals surface area contributed by atoms with Crippen LogP contribution in [0.2, 0.25) is 10.0 Å². The lowest BCUT2D eigenvalue weighted by Crippen LogP contribution is -2.48. The Kier molecular flexibility index (Phi) is 9.34. The monoisotopic (exact) mass is 452 g/mol. The zero-order valence-electron chi connectivity index (χ0n) is 16.9. The lowest BCUT2D eigenvalue weighted by Gasteiger charge is -2.30. The molecule has 2 aromatic rings. The first-order chi connectivity index (χ1) is 13.8. The fraction of sp³-hybridized carbons (Fsp3) is 0.364. The van der Waals surface area contributed by atoms with E-state index >= 15 is 0 Å². The molecule has 2 aromatic carbocycles. The standard InChI is InChI=1S/C22H26Cl2N2O2S/c1-4-20(22(28)25-3)26(12-16-7-5-15(2)6-8-16)21(27)14-29-13-17-9-10-18(23)19(24)11-17/h5-11,20H,4,12-14H2,1-3H3,(H,25,28)/t20-/m1/s1. The molecule has 0 saturated carbocycles. The molecule has 29 heavy (non-hydrogen) atoms. The Morgan fingerprint density at radius 2 is 1.72 bits per heavy atom. The van der Waals surface area contributed by atoms with Crippen molar-refractivity contribution in [2.24, 2.45) is 0 Å². The number of thioether (sulfide) groups is 1. The lowest BCUT2D eigenvalue weighted by molar-refractivity contribution is -0.139. The van der Waals surface area contributed by atoms with Crippen LogP contribution in [0, 0.1) is 6.92 Å². The molecule has 0 aliphatic carbocycles. The highest BCUT2D eigenvalue weighted by Crippen LogP contribution is 2.25. The van der Waals surface area contributed by atoms with E-state index in [2.05, 4.69) is 5.32 Å². The second-order valence-corrected chi connectivity index (χ2v) is 8.59. The molecule has 4 nitrogen and oxygen atoms in total. The molecule has 0 unspecified atom stereocenters. The molecule has 0 bridgehead atoms. The van der Waals surface area contributed by atoms with Crippen LogP contribution in [-0.4, -0.2) is 35.6 Å². The Hall–Kier alpha value is -1.69. The summed E-state index contributed by atoms with van der Waals surface area (Å²) in [6.45, 7) is 4.34. The van der Waals surface area contributed by atoms with Gasteiger partial charge in [0.25, 0.3) is 0 Å². The van der Waals surface area contributed by atoms with Crippen molar-refractivity contribution in [3.05, 3.63) is 69.2 Å². The van der Waals surface area contributed by atoms with Crippen molar-refractivity contribution in [3.8, 4) is 0 Å². The van der Waals surface area contributed by atoms with Crippen molar-refractivity contribution in [2.75, 3.05) is 12.8 Å². The number of hydrogen-bond acceptors (Lipinski definition) is 3. The van der Waals surface area contributed by atoms with Gasteiger partial charge in [0, 0.05) is 19.3 Å². The second-order valence-electron chi connectivity index (χ2n) is 6.79. The van der Waals surface area contributed by atoms with E-state index in [0.29, 0.717) is 28.8 Å². The SMILES string of the molecule is CC[C@H](C(=O)NC)N(Cc1ccc(C)cc1)C(=O)CSCc1ccc(Cl)c(Cl)c1. The molecule has 0 aromatic heterocycles. The summed E-state index contributed by atoms with van der Waals surface area (Å²) in [7, 11) is 1.60. The lowest BCUT2D eigenvalue weighted by atomic mass is 10.1. The number of aryl methyl sites for hydroxylation is 1. The van der Waals surface area contributed by atoms with Gasteiger partial charge in [-0.15, -0.1) is 11.8 Å². The number of nitrogens with one attached hydrogen (secondary N) is 1. The molecule has 0 aliphatic heterocycles. The summed E-state index contributed by atoms with van der Waals surface area (Å²) >= 11 is 13.5. The van der Waals surface area contributed by atoms with Gasteiger partial charge in [0.05, 0.1) is 15.8 Å². The first-order valence-electron chi connectivity index (χ1n) is 9.44. The van der Waals surface area contributed by atoms with Gasteiger partial charge < -0.3 is 10.2 Å². The molecule has 0 heterocycles. The van der Waals surface area contributed by atoms with Crippen molar-refractivity contribution in [2.45, 2.75) is 38.6 Å². The van der Waals surface area contributed by atoms with Crippen molar-refractivity contribution in [3.63, 3.8) is 0 Å². The van der Waals surface area contributed by atoms with E-state index in [0.717, 1.165) is 16.7 Å². The second kappa shape index (κ2) is 11.5. The van der Waals surface area contributed by atoms with E-state index in [1.54, 1.807) is 18.0 Å². The maximum Gasteiger partial charge on any atom is 0.242 e. The smallest absolute Gasteiger partial charge is 0.242 e. The zero-order chi connectivity index (χ0) is 21.4. The Bertz CT molecular complexity index is 843. The van der Waals surface area contributed by atoms with Gasteiger partial charge in [-0.2, -0.15) is 0 Å². The van der Waals surface area contributed by atoms with Crippen LogP contribution in [0.15, 0.2) is 42.5 Å². The van der Waals surface area contributed by atoms with Gasteiger partial charge in [-0.05, 0) is 36.6 Å². The predicted molar refractivity (Wildman–Crippen MR) is 122 cm³/mol. The number of amides is 2. The van der Waals surface area contributed by atoms with Crippen molar-refractivity contribution < 1.29 is 9.59 Å². The van der Waals surface area contributed by atoms with E-state index in [9.17, 15) is 9.59 Å². The van der Waals surface area contributed by atoms with E-state index in [1.165, 1.54) is 11.8 Å². The van der Waals surface area contributed by atoms with Crippen LogP contribution >= 0.6 is 35.0 Å². The molecule has 1 N–H and O–H groups in total. The summed E-state index contributed by atoms with van der Waals surface area (Å²) in [5.41, 5.74) is 3.16. The van der Waals surface area contributed by atoms with Crippen LogP contribution in [0.1, 0.15) is 30.0 Å². The molecule has 0 saturated heterocycles. The Labute approximate surface area is 187 Å². The maximum atomic E-state index is 13.0. The summed E-state index contributed by atoms with van der Waals surface area (Å²) < 4.78 is 0. The first kappa shape index (κ1) is 23.6. The third kappa shape index (κ3) is 6.95. The van der Waals surface area contributed by atoms with Gasteiger partial charge in [-0.25, -0.2) is 0 Å². The number of likely N-dealkylation sites (N-methyl/N-ethyl adjacent to an activating group) is 1. The molecule has 2 amide bonds. The highest BCUT2D eigenvalue weighted by Gasteiger charge is 2.27. The Morgan fingerprint density at radius 1 is 1.07 bits per heavy atom. The van der Waals surface area contributed by atoms with Gasteiger partial charge in [0.1, 0.15) is 6.04 Å². The maximum absolute atomic E-state index is 13.0. The molecule has 1 atom stereocenters. The third-order valence-electron chi connectivity index (χ3n) is 4.58. The van der Waals surface area contributed by atoms with Crippen LogP contribution in [0.4, 0.5) is 0 Å². The summed E-state index contributed by atoms with van der Waals surface area (Å²) in [6.07, 6.45) is 0.550. The summed E-state index contributed by atoms with van der Waals surface area (Å²) in [5.74, 6) is 0.700. The minimum Gasteiger partial charge on any atom is -0.357 e. The molecule has 7 heteroatoms. The van der Waals surface area contributed by atoms with E-state index in [1.807, 2.05) is 50.2 Å². The fourth-order valence-electron chi connectivity index (χ4n) is 2.94. The largest absolute Gasteiger partial charge is 0.357 e. The molecule has 0 radical (unpaired) electrons. The van der Waals surface area contributed by atoms with Gasteiger partial charge in [-0.1, -0.05) is 66.0 Å². The number of hydrogen-bond donors (Lipinski definition) is 1. The summed E-state index contributed by atoms with van der Waals surface area (Å²) in [4.78, 5) is 27.1. The molecule has 156 valence electrons. The minimum absolute atomic E-state index is 0.0638. The average Bonchev–Trinajstić information content (AvgIpc) is 2.71. The molecule has 0 fully saturated rings. The fourth-order valence-corrected chi connectivity index (χ4v) is 4.12. The average molecular weight is 453 g/mol. The number of rotatable bonds is 9. The topological polar surface area (TPSA) is 49.4 Å². The van der Waals surface area contributed by atoms with Crippen LogP contribution < -0.4 is 5.32 Å². The molecular formula is C22H26Cl2N2O2S. The molecule has 0 spiro atoms. The van der Waals surface area contributed by atoms with Gasteiger partial charge >= 0.3 is 0 Å². The van der Waals surface area contributed by atoms with Crippen molar-refractivity contribution >= 4 is 46.8 Å². The molecule has 0 aliphatic rings. The van der Waals surface area contributed by atoms with Gasteiger partial charge in [-0.3, -0.25) is 9.59 Å². The van der Waals surface area contributed by atoms with Crippen molar-refractivity contribution in [1.29, 1.82) is 0 Å². The highest BCUT2D eigenvalue weighted by atomic mass is 35.5. The zero-order valence-corrected chi connectivity index (χ0v) is 19.2. The Balaban J connectivity index is 2.08. The van der Waals surface area contributed by atoms with Crippen LogP contribution in [-0.2, 0) is 21.9 Å². The number of nitrogens with zero attached hydrogens (tertiary/aromatic N) is 1. The number of benzene rings is 2. The highest BCUT2D eigenvalue weighted by molar-refractivity contribution is 7.99. The number of carbonyl (C=O) groups is 2. The normalized spacial score (nSPS) is 11.8. The molecule has 2 rings (SSSR count). The molecular weight excluding hydrogens is 427 g/mol. The third-order valence-corrected chi connectivity index (χ3v) is 6.31. The van der Waals surface area contributed by atoms with E-state index in [-0.39, 0.29) is 17.6 Å². The Morgan fingerprint density at radius 3 is 2.31 bits per heavy atom. The van der Waals surface area contributed by atoms with Crippen LogP contribution in [0.5, 0.6) is 0 Å². The van der Waals surface area contributed by atoms with Gasteiger partial charge in [0.15, 0.2) is 0 Å². The summed E-state index contributed by atoms with van der Waals surface area (Å²) in [6, 6.07) is 13.0. The van der Waals surface area contributed by atoms with E-state index in [4.69, 9.17) is 23.2 Å². The van der Waals surface area contributed by atoms with Crippen LogP contribution in [0.3, 0.4) is 0 Å². The predicted octanol–water partition coefficient (Wildman–Crippen LogP) is 5.09. The first-order valence-corrected chi connectivity index (χ1v) is 11.3.